The number of anilines is 1. The number of hydrogen-bond acceptors (Lipinski definition) is 12. The van der Waals surface area contributed by atoms with Crippen LogP contribution < -0.4 is 21.3 Å². The summed E-state index contributed by atoms with van der Waals surface area (Å²) in [5, 5.41) is 7.87. The van der Waals surface area contributed by atoms with Gasteiger partial charge < -0.3 is 45.5 Å². The van der Waals surface area contributed by atoms with Gasteiger partial charge in [0.05, 0.1) is 35.7 Å². The van der Waals surface area contributed by atoms with Crippen LogP contribution in [0.4, 0.5) is 10.6 Å². The number of piperazine rings is 1. The van der Waals surface area contributed by atoms with Crippen LogP contribution in [0.2, 0.25) is 5.02 Å². The lowest BCUT2D eigenvalue weighted by molar-refractivity contribution is -0.140. The van der Waals surface area contributed by atoms with Gasteiger partial charge in [-0.1, -0.05) is 43.0 Å². The third kappa shape index (κ3) is 13.0. The van der Waals surface area contributed by atoms with Crippen LogP contribution in [0.1, 0.15) is 109 Å². The molecule has 6 heterocycles. The Balaban J connectivity index is 0.740. The predicted molar refractivity (Wildman–Crippen MR) is 262 cm³/mol. The molecule has 17 nitrogen and oxygen atoms in total. The van der Waals surface area contributed by atoms with Crippen LogP contribution in [0.5, 0.6) is 0 Å². The average Bonchev–Trinajstić information content (AvgIpc) is 3.83. The van der Waals surface area contributed by atoms with Gasteiger partial charge >= 0.3 is 6.09 Å². The molecule has 8 rings (SSSR count). The highest BCUT2D eigenvalue weighted by atomic mass is 35.5. The zero-order valence-electron chi connectivity index (χ0n) is 40.4. The number of H-pyrrole nitrogens is 1. The van der Waals surface area contributed by atoms with E-state index in [1.165, 1.54) is 6.42 Å². The second-order valence-electron chi connectivity index (χ2n) is 20.8. The van der Waals surface area contributed by atoms with Gasteiger partial charge in [0.2, 0.25) is 17.7 Å². The Morgan fingerprint density at radius 1 is 0.809 bits per heavy atom. The first-order chi connectivity index (χ1) is 32.7. The van der Waals surface area contributed by atoms with Crippen molar-refractivity contribution in [3.63, 3.8) is 0 Å². The fourth-order valence-electron chi connectivity index (χ4n) is 10.8. The van der Waals surface area contributed by atoms with E-state index in [4.69, 9.17) is 26.8 Å². The molecule has 4 amide bonds. The van der Waals surface area contributed by atoms with Crippen LogP contribution >= 0.6 is 11.6 Å². The number of rotatable bonds is 14. The zero-order chi connectivity index (χ0) is 47.8. The first-order valence-electron chi connectivity index (χ1n) is 25.2. The molecule has 2 aromatic heterocycles. The molecule has 372 valence electrons. The highest BCUT2D eigenvalue weighted by Crippen LogP contribution is 2.31. The minimum atomic E-state index is -1.01. The Morgan fingerprint density at radius 3 is 2.13 bits per heavy atom. The number of fused-ring (bicyclic) bond motifs is 1. The molecule has 2 atom stereocenters. The standard InChI is InChI=1S/C50H74ClN11O6/c1-49(2,3)68-48(66)57-43(36-7-5-4-6-8-36)46(64)62-25-16-39(17-26-62)67-38-14-22-59(23-15-38)33-42(63)60-31-29-58(30-32-60)24-18-41(35-9-11-37(51)12-10-35)56-47(65)50(52)19-27-61(28-20-50)45-40-13-21-53-44(40)54-34-55-45/h9-13,21,34,36,38-39,41,43H,4-8,14-20,22-33,52H2,1-3H3,(H,56,65)(H,57,66)(H,53,54,55)/t41-,43+/m0/s1. The summed E-state index contributed by atoms with van der Waals surface area (Å²) in [4.78, 5) is 76.8. The summed E-state index contributed by atoms with van der Waals surface area (Å²) in [7, 11) is 0. The van der Waals surface area contributed by atoms with Crippen molar-refractivity contribution < 1.29 is 28.7 Å². The number of alkyl carbamates (subject to hydrolysis) is 1. The Bertz CT molecular complexity index is 2150. The number of nitrogens with one attached hydrogen (secondary N) is 3. The molecule has 4 aliphatic heterocycles. The van der Waals surface area contributed by atoms with E-state index < -0.39 is 23.3 Å². The molecule has 68 heavy (non-hydrogen) atoms. The van der Waals surface area contributed by atoms with E-state index in [0.29, 0.717) is 70.1 Å². The fourth-order valence-corrected chi connectivity index (χ4v) is 10.9. The number of carbonyl (C=O) groups excluding carboxylic acids is 4. The number of amides is 4. The van der Waals surface area contributed by atoms with Gasteiger partial charge in [-0.3, -0.25) is 24.2 Å². The van der Waals surface area contributed by atoms with Crippen LogP contribution in [0.3, 0.4) is 0 Å². The number of likely N-dealkylation sites (tertiary alicyclic amines) is 2. The maximum Gasteiger partial charge on any atom is 0.408 e. The number of carbonyl (C=O) groups is 4. The van der Waals surface area contributed by atoms with Crippen molar-refractivity contribution in [2.75, 3.05) is 83.4 Å². The average molecular weight is 961 g/mol. The molecule has 5 N–H and O–H groups in total. The summed E-state index contributed by atoms with van der Waals surface area (Å²) >= 11 is 6.27. The molecule has 0 radical (unpaired) electrons. The van der Waals surface area contributed by atoms with Crippen molar-refractivity contribution in [2.45, 2.75) is 133 Å². The number of aromatic amines is 1. The van der Waals surface area contributed by atoms with Crippen molar-refractivity contribution >= 4 is 52.3 Å². The highest BCUT2D eigenvalue weighted by Gasteiger charge is 2.40. The summed E-state index contributed by atoms with van der Waals surface area (Å²) in [5.41, 5.74) is 6.98. The molecule has 0 spiro atoms. The maximum absolute atomic E-state index is 14.0. The molecule has 5 fully saturated rings. The monoisotopic (exact) mass is 960 g/mol. The van der Waals surface area contributed by atoms with Crippen LogP contribution in [0, 0.1) is 5.92 Å². The summed E-state index contributed by atoms with van der Waals surface area (Å²) < 4.78 is 12.1. The number of halogens is 1. The number of hydrogen-bond donors (Lipinski definition) is 4. The van der Waals surface area contributed by atoms with E-state index in [2.05, 4.69) is 40.3 Å². The van der Waals surface area contributed by atoms with Crippen LogP contribution in [-0.4, -0.2) is 166 Å². The Hall–Kier alpha value is -4.55. The normalized spacial score (nSPS) is 21.6. The van der Waals surface area contributed by atoms with Crippen LogP contribution in [-0.2, 0) is 23.9 Å². The quantitative estimate of drug-likeness (QED) is 0.164. The van der Waals surface area contributed by atoms with Crippen molar-refractivity contribution in [1.29, 1.82) is 0 Å². The molecule has 18 heteroatoms. The SMILES string of the molecule is CC(C)(C)OC(=O)N[C@@H](C(=O)N1CCC(OC2CCN(CC(=O)N3CCN(CC[C@H](NC(=O)C4(N)CCN(c5ncnc6[nH]ccc56)CC4)c4ccc(Cl)cc4)CC3)CC2)CC1)C1CCCCC1. The third-order valence-electron chi connectivity index (χ3n) is 14.9. The summed E-state index contributed by atoms with van der Waals surface area (Å²) in [5.74, 6) is 0.985. The molecule has 1 aliphatic carbocycles. The number of nitrogens with two attached hydrogens (primary N) is 1. The van der Waals surface area contributed by atoms with E-state index in [0.717, 1.165) is 107 Å². The van der Waals surface area contributed by atoms with Gasteiger partial charge in [-0.25, -0.2) is 14.8 Å². The molecule has 3 aromatic rings. The van der Waals surface area contributed by atoms with Gasteiger partial charge in [0.1, 0.15) is 29.4 Å². The first kappa shape index (κ1) is 49.9. The van der Waals surface area contributed by atoms with Gasteiger partial charge in [0.25, 0.3) is 0 Å². The Morgan fingerprint density at radius 2 is 1.47 bits per heavy atom. The van der Waals surface area contributed by atoms with Gasteiger partial charge in [0, 0.05) is 83.2 Å². The van der Waals surface area contributed by atoms with E-state index in [9.17, 15) is 19.2 Å². The Labute approximate surface area is 406 Å². The zero-order valence-corrected chi connectivity index (χ0v) is 41.2. The molecular formula is C50H74ClN11O6. The lowest BCUT2D eigenvalue weighted by atomic mass is 9.83. The Kier molecular flexibility index (Phi) is 16.5. The number of ether oxygens (including phenoxy) is 2. The number of nitrogens with zero attached hydrogens (tertiary/aromatic N) is 7. The molecule has 5 aliphatic rings. The molecule has 1 saturated carbocycles. The molecular weight excluding hydrogens is 886 g/mol. The third-order valence-corrected chi connectivity index (χ3v) is 15.1. The highest BCUT2D eigenvalue weighted by molar-refractivity contribution is 6.30. The molecule has 0 unspecified atom stereocenters. The maximum atomic E-state index is 14.0. The fraction of sp³-hybridized carbons (Fsp3) is 0.680. The van der Waals surface area contributed by atoms with Crippen molar-refractivity contribution in [3.05, 3.63) is 53.4 Å². The van der Waals surface area contributed by atoms with E-state index in [-0.39, 0.29) is 41.9 Å². The van der Waals surface area contributed by atoms with Crippen LogP contribution in [0.15, 0.2) is 42.9 Å². The second kappa shape index (κ2) is 22.5. The number of piperidine rings is 3. The lowest BCUT2D eigenvalue weighted by Gasteiger charge is -2.40. The van der Waals surface area contributed by atoms with E-state index in [1.807, 2.05) is 67.1 Å². The summed E-state index contributed by atoms with van der Waals surface area (Å²) in [6, 6.07) is 8.81. The van der Waals surface area contributed by atoms with Gasteiger partial charge in [-0.05, 0) is 108 Å². The first-order valence-corrected chi connectivity index (χ1v) is 25.6. The van der Waals surface area contributed by atoms with Gasteiger partial charge in [-0.15, -0.1) is 0 Å². The molecule has 1 aromatic carbocycles. The van der Waals surface area contributed by atoms with Crippen molar-refractivity contribution in [1.82, 2.24) is 45.2 Å². The van der Waals surface area contributed by atoms with Crippen LogP contribution in [0.25, 0.3) is 11.0 Å². The summed E-state index contributed by atoms with van der Waals surface area (Å²) in [6.45, 7) is 13.6. The smallest absolute Gasteiger partial charge is 0.408 e. The molecule has 4 saturated heterocycles. The molecule has 0 bridgehead atoms. The van der Waals surface area contributed by atoms with Gasteiger partial charge in [0.15, 0.2) is 0 Å². The van der Waals surface area contributed by atoms with Crippen molar-refractivity contribution in [2.24, 2.45) is 11.7 Å². The number of aromatic nitrogens is 3. The minimum Gasteiger partial charge on any atom is -0.444 e. The van der Waals surface area contributed by atoms with E-state index >= 15 is 0 Å². The predicted octanol–water partition coefficient (Wildman–Crippen LogP) is 5.25. The minimum absolute atomic E-state index is 0.00288. The van der Waals surface area contributed by atoms with Crippen molar-refractivity contribution in [3.8, 4) is 0 Å². The lowest BCUT2D eigenvalue weighted by Crippen LogP contribution is -2.60. The van der Waals surface area contributed by atoms with E-state index in [1.54, 1.807) is 6.33 Å². The topological polar surface area (TPSA) is 195 Å². The van der Waals surface area contributed by atoms with Gasteiger partial charge in [-0.2, -0.15) is 0 Å². The number of benzene rings is 1. The summed E-state index contributed by atoms with van der Waals surface area (Å²) in [6.07, 6.45) is 13.3. The second-order valence-corrected chi connectivity index (χ2v) is 21.3. The largest absolute Gasteiger partial charge is 0.444 e.